The maximum absolute atomic E-state index is 11.9. The standard InChI is InChI=1S/C16H28N2O2/c1-15(2,3)20-14(19)18-10-16(11-18)8-13(9-16)12-4-6-17-7-5-12/h12-13,17H,4-11H2,1-3H3. The van der Waals surface area contributed by atoms with E-state index in [1.807, 2.05) is 25.7 Å². The number of rotatable bonds is 1. The van der Waals surface area contributed by atoms with Gasteiger partial charge in [0.1, 0.15) is 5.60 Å². The van der Waals surface area contributed by atoms with Gasteiger partial charge in [0.2, 0.25) is 0 Å². The summed E-state index contributed by atoms with van der Waals surface area (Å²) in [5.41, 5.74) is 0.0729. The van der Waals surface area contributed by atoms with Crippen molar-refractivity contribution < 1.29 is 9.53 Å². The molecule has 2 heterocycles. The zero-order valence-corrected chi connectivity index (χ0v) is 13.1. The van der Waals surface area contributed by atoms with Gasteiger partial charge in [-0.1, -0.05) is 0 Å². The first-order valence-electron chi connectivity index (χ1n) is 8.06. The normalized spacial score (nSPS) is 27.1. The number of nitrogens with one attached hydrogen (secondary N) is 1. The minimum atomic E-state index is -0.378. The predicted octanol–water partition coefficient (Wildman–Crippen LogP) is 2.63. The highest BCUT2D eigenvalue weighted by molar-refractivity contribution is 5.69. The summed E-state index contributed by atoms with van der Waals surface area (Å²) in [5.74, 6) is 1.84. The lowest BCUT2D eigenvalue weighted by atomic mass is 9.54. The Morgan fingerprint density at radius 3 is 2.30 bits per heavy atom. The second-order valence-electron chi connectivity index (χ2n) is 8.09. The first-order valence-corrected chi connectivity index (χ1v) is 8.06. The molecule has 0 aromatic carbocycles. The summed E-state index contributed by atoms with van der Waals surface area (Å²) in [6, 6.07) is 0. The number of likely N-dealkylation sites (tertiary alicyclic amines) is 1. The molecular formula is C16H28N2O2. The Bertz CT molecular complexity index is 368. The minimum Gasteiger partial charge on any atom is -0.444 e. The molecule has 1 aliphatic carbocycles. The molecule has 3 rings (SSSR count). The Morgan fingerprint density at radius 1 is 1.15 bits per heavy atom. The topological polar surface area (TPSA) is 41.6 Å². The van der Waals surface area contributed by atoms with Gasteiger partial charge in [-0.15, -0.1) is 0 Å². The van der Waals surface area contributed by atoms with Crippen LogP contribution < -0.4 is 5.32 Å². The number of carbonyl (C=O) groups is 1. The van der Waals surface area contributed by atoms with Crippen molar-refractivity contribution in [3.63, 3.8) is 0 Å². The number of amides is 1. The summed E-state index contributed by atoms with van der Waals surface area (Å²) in [6.07, 6.45) is 5.22. The molecule has 20 heavy (non-hydrogen) atoms. The zero-order chi connectivity index (χ0) is 14.4. The summed E-state index contributed by atoms with van der Waals surface area (Å²) in [5, 5.41) is 3.44. The van der Waals surface area contributed by atoms with Gasteiger partial charge in [0.15, 0.2) is 0 Å². The van der Waals surface area contributed by atoms with Crippen LogP contribution >= 0.6 is 0 Å². The second kappa shape index (κ2) is 4.90. The molecule has 4 nitrogen and oxygen atoms in total. The van der Waals surface area contributed by atoms with Crippen LogP contribution in [0.1, 0.15) is 46.5 Å². The van der Waals surface area contributed by atoms with Gasteiger partial charge in [0.25, 0.3) is 0 Å². The quantitative estimate of drug-likeness (QED) is 0.803. The molecule has 4 heteroatoms. The van der Waals surface area contributed by atoms with Gasteiger partial charge in [-0.2, -0.15) is 0 Å². The van der Waals surface area contributed by atoms with Crippen LogP contribution in [0.5, 0.6) is 0 Å². The molecule has 2 saturated heterocycles. The van der Waals surface area contributed by atoms with Crippen molar-refractivity contribution in [3.8, 4) is 0 Å². The van der Waals surface area contributed by atoms with Crippen LogP contribution in [0.15, 0.2) is 0 Å². The molecule has 2 aliphatic heterocycles. The van der Waals surface area contributed by atoms with Crippen molar-refractivity contribution in [2.75, 3.05) is 26.2 Å². The lowest BCUT2D eigenvalue weighted by Gasteiger charge is -2.60. The molecule has 3 aliphatic rings. The molecule has 1 amide bonds. The lowest BCUT2D eigenvalue weighted by Crippen LogP contribution is -2.65. The first kappa shape index (κ1) is 14.2. The molecule has 114 valence electrons. The molecular weight excluding hydrogens is 252 g/mol. The number of carbonyl (C=O) groups excluding carboxylic acids is 1. The maximum Gasteiger partial charge on any atom is 0.410 e. The fourth-order valence-corrected chi connectivity index (χ4v) is 4.18. The summed E-state index contributed by atoms with van der Waals surface area (Å²) in [7, 11) is 0. The largest absolute Gasteiger partial charge is 0.444 e. The lowest BCUT2D eigenvalue weighted by molar-refractivity contribution is -0.110. The van der Waals surface area contributed by atoms with Crippen LogP contribution in [-0.4, -0.2) is 42.8 Å². The number of nitrogens with zero attached hydrogens (tertiary/aromatic N) is 1. The van der Waals surface area contributed by atoms with Crippen LogP contribution in [0.4, 0.5) is 4.79 Å². The Morgan fingerprint density at radius 2 is 1.75 bits per heavy atom. The van der Waals surface area contributed by atoms with Gasteiger partial charge in [0, 0.05) is 18.5 Å². The van der Waals surface area contributed by atoms with Crippen molar-refractivity contribution in [1.29, 1.82) is 0 Å². The number of hydrogen-bond donors (Lipinski definition) is 1. The number of piperidine rings is 1. The van der Waals surface area contributed by atoms with E-state index >= 15 is 0 Å². The minimum absolute atomic E-state index is 0.131. The highest BCUT2D eigenvalue weighted by atomic mass is 16.6. The van der Waals surface area contributed by atoms with Gasteiger partial charge in [-0.3, -0.25) is 0 Å². The third kappa shape index (κ3) is 2.80. The van der Waals surface area contributed by atoms with E-state index in [1.165, 1.54) is 38.8 Å². The highest BCUT2D eigenvalue weighted by Gasteiger charge is 2.55. The zero-order valence-electron chi connectivity index (χ0n) is 13.1. The Hall–Kier alpha value is -0.770. The smallest absolute Gasteiger partial charge is 0.410 e. The molecule has 1 N–H and O–H groups in total. The van der Waals surface area contributed by atoms with Crippen LogP contribution in [-0.2, 0) is 4.74 Å². The molecule has 0 atom stereocenters. The van der Waals surface area contributed by atoms with Crippen LogP contribution in [0.25, 0.3) is 0 Å². The highest BCUT2D eigenvalue weighted by Crippen LogP contribution is 2.55. The molecule has 0 aromatic heterocycles. The molecule has 3 fully saturated rings. The van der Waals surface area contributed by atoms with Crippen molar-refractivity contribution in [2.45, 2.75) is 52.1 Å². The van der Waals surface area contributed by atoms with E-state index in [0.29, 0.717) is 5.41 Å². The fraction of sp³-hybridized carbons (Fsp3) is 0.938. The summed E-state index contributed by atoms with van der Waals surface area (Å²) >= 11 is 0. The summed E-state index contributed by atoms with van der Waals surface area (Å²) in [4.78, 5) is 13.8. The maximum atomic E-state index is 11.9. The first-order chi connectivity index (χ1) is 9.37. The van der Waals surface area contributed by atoms with Crippen LogP contribution in [0.3, 0.4) is 0 Å². The Labute approximate surface area is 122 Å². The summed E-state index contributed by atoms with van der Waals surface area (Å²) < 4.78 is 5.43. The van der Waals surface area contributed by atoms with Gasteiger partial charge >= 0.3 is 6.09 Å². The van der Waals surface area contributed by atoms with E-state index in [0.717, 1.165) is 24.9 Å². The molecule has 0 bridgehead atoms. The molecule has 0 radical (unpaired) electrons. The average Bonchev–Trinajstić information content (AvgIpc) is 2.24. The molecule has 0 unspecified atom stereocenters. The van der Waals surface area contributed by atoms with Gasteiger partial charge in [-0.05, 0) is 71.4 Å². The van der Waals surface area contributed by atoms with Gasteiger partial charge in [-0.25, -0.2) is 4.79 Å². The SMILES string of the molecule is CC(C)(C)OC(=O)N1CC2(CC(C3CCNCC3)C2)C1. The van der Waals surface area contributed by atoms with E-state index in [4.69, 9.17) is 4.74 Å². The van der Waals surface area contributed by atoms with E-state index < -0.39 is 0 Å². The van der Waals surface area contributed by atoms with Crippen molar-refractivity contribution >= 4 is 6.09 Å². The van der Waals surface area contributed by atoms with E-state index in [1.54, 1.807) is 0 Å². The Kier molecular flexibility index (Phi) is 3.47. The van der Waals surface area contributed by atoms with E-state index in [9.17, 15) is 4.79 Å². The van der Waals surface area contributed by atoms with Crippen molar-refractivity contribution in [3.05, 3.63) is 0 Å². The summed E-state index contributed by atoms with van der Waals surface area (Å²) in [6.45, 7) is 10.0. The van der Waals surface area contributed by atoms with Crippen molar-refractivity contribution in [1.82, 2.24) is 10.2 Å². The average molecular weight is 280 g/mol. The number of ether oxygens (including phenoxy) is 1. The van der Waals surface area contributed by atoms with E-state index in [2.05, 4.69) is 5.32 Å². The third-order valence-corrected chi connectivity index (χ3v) is 5.15. The van der Waals surface area contributed by atoms with Crippen LogP contribution in [0, 0.1) is 17.3 Å². The monoisotopic (exact) mass is 280 g/mol. The third-order valence-electron chi connectivity index (χ3n) is 5.15. The fourth-order valence-electron chi connectivity index (χ4n) is 4.18. The molecule has 1 saturated carbocycles. The van der Waals surface area contributed by atoms with Crippen molar-refractivity contribution in [2.24, 2.45) is 17.3 Å². The number of hydrogen-bond acceptors (Lipinski definition) is 3. The van der Waals surface area contributed by atoms with Crippen LogP contribution in [0.2, 0.25) is 0 Å². The molecule has 0 aromatic rings. The predicted molar refractivity (Wildman–Crippen MR) is 78.6 cm³/mol. The Balaban J connectivity index is 1.42. The van der Waals surface area contributed by atoms with Gasteiger partial charge in [0.05, 0.1) is 0 Å². The molecule has 1 spiro atoms. The second-order valence-corrected chi connectivity index (χ2v) is 8.09. The van der Waals surface area contributed by atoms with Gasteiger partial charge < -0.3 is 15.0 Å². The van der Waals surface area contributed by atoms with E-state index in [-0.39, 0.29) is 11.7 Å².